The van der Waals surface area contributed by atoms with Crippen LogP contribution in [0, 0.1) is 11.7 Å². The molecular formula is C27H27FN2O5S2. The highest BCUT2D eigenvalue weighted by atomic mass is 32.2. The van der Waals surface area contributed by atoms with Gasteiger partial charge in [0.05, 0.1) is 12.6 Å². The Balaban J connectivity index is 1.53. The molecule has 0 spiro atoms. The molecule has 1 aromatic heterocycles. The van der Waals surface area contributed by atoms with Gasteiger partial charge < -0.3 is 10.0 Å². The minimum absolute atomic E-state index is 0.0656. The molecule has 1 aliphatic carbocycles. The van der Waals surface area contributed by atoms with Crippen LogP contribution >= 0.6 is 11.3 Å². The Morgan fingerprint density at radius 1 is 1.03 bits per heavy atom. The molecule has 1 atom stereocenters. The van der Waals surface area contributed by atoms with E-state index >= 15 is 0 Å². The van der Waals surface area contributed by atoms with E-state index < -0.39 is 39.3 Å². The first-order valence-electron chi connectivity index (χ1n) is 12.3. The third-order valence-electron chi connectivity index (χ3n) is 7.25. The van der Waals surface area contributed by atoms with Crippen molar-refractivity contribution in [3.05, 3.63) is 70.7 Å². The SMILES string of the molecule is O=C(O)c1sccc1-c1cccc(N2C(=O)CN(S(=O)(=O)c3ccccc3F)CC2C2CCCCC2)c1. The van der Waals surface area contributed by atoms with E-state index in [4.69, 9.17) is 0 Å². The molecule has 3 aromatic rings. The van der Waals surface area contributed by atoms with Crippen molar-refractivity contribution in [3.8, 4) is 11.1 Å². The summed E-state index contributed by atoms with van der Waals surface area (Å²) >= 11 is 1.14. The summed E-state index contributed by atoms with van der Waals surface area (Å²) in [5, 5.41) is 11.3. The van der Waals surface area contributed by atoms with Crippen molar-refractivity contribution in [3.63, 3.8) is 0 Å². The fourth-order valence-electron chi connectivity index (χ4n) is 5.48. The smallest absolute Gasteiger partial charge is 0.346 e. The third kappa shape index (κ3) is 4.93. The molecule has 0 radical (unpaired) electrons. The van der Waals surface area contributed by atoms with E-state index in [-0.39, 0.29) is 23.2 Å². The molecule has 37 heavy (non-hydrogen) atoms. The summed E-state index contributed by atoms with van der Waals surface area (Å²) in [5.41, 5.74) is 1.85. The number of piperazine rings is 1. The van der Waals surface area contributed by atoms with E-state index in [9.17, 15) is 27.5 Å². The van der Waals surface area contributed by atoms with Crippen LogP contribution in [-0.2, 0) is 14.8 Å². The summed E-state index contributed by atoms with van der Waals surface area (Å²) in [4.78, 5) is 26.8. The van der Waals surface area contributed by atoms with Crippen molar-refractivity contribution >= 4 is 38.9 Å². The average molecular weight is 543 g/mol. The number of halogens is 1. The number of carboxylic acid groups (broad SMARTS) is 1. The maximum absolute atomic E-state index is 14.5. The quantitative estimate of drug-likeness (QED) is 0.460. The van der Waals surface area contributed by atoms with Gasteiger partial charge in [-0.1, -0.05) is 43.5 Å². The van der Waals surface area contributed by atoms with Crippen molar-refractivity contribution in [2.45, 2.75) is 43.0 Å². The zero-order chi connectivity index (χ0) is 26.2. The first kappa shape index (κ1) is 25.6. The molecule has 10 heteroatoms. The van der Waals surface area contributed by atoms with E-state index in [2.05, 4.69) is 0 Å². The van der Waals surface area contributed by atoms with Gasteiger partial charge in [0, 0.05) is 17.8 Å². The molecule has 1 aliphatic heterocycles. The number of carboxylic acids is 1. The van der Waals surface area contributed by atoms with Crippen LogP contribution in [0.1, 0.15) is 41.8 Å². The number of hydrogen-bond donors (Lipinski definition) is 1. The standard InChI is InChI=1S/C27H27FN2O5S2/c28-22-11-4-5-12-24(22)37(34,35)29-16-23(18-7-2-1-3-8-18)30(25(31)17-29)20-10-6-9-19(15-20)21-13-14-36-26(21)27(32)33/h4-6,9-15,18,23H,1-3,7-8,16-17H2,(H,32,33). The van der Waals surface area contributed by atoms with Crippen LogP contribution in [0.4, 0.5) is 10.1 Å². The Bertz CT molecular complexity index is 1430. The number of amides is 1. The lowest BCUT2D eigenvalue weighted by Gasteiger charge is -2.45. The Morgan fingerprint density at radius 3 is 2.51 bits per heavy atom. The lowest BCUT2D eigenvalue weighted by atomic mass is 9.82. The molecule has 1 saturated heterocycles. The van der Waals surface area contributed by atoms with Crippen LogP contribution in [0.2, 0.25) is 0 Å². The summed E-state index contributed by atoms with van der Waals surface area (Å²) in [6, 6.07) is 13.7. The number of carbonyl (C=O) groups excluding carboxylic acids is 1. The van der Waals surface area contributed by atoms with E-state index in [1.54, 1.807) is 40.6 Å². The minimum Gasteiger partial charge on any atom is -0.477 e. The van der Waals surface area contributed by atoms with E-state index in [1.165, 1.54) is 18.2 Å². The fourth-order valence-corrected chi connectivity index (χ4v) is 7.71. The van der Waals surface area contributed by atoms with Crippen LogP contribution in [0.25, 0.3) is 11.1 Å². The maximum Gasteiger partial charge on any atom is 0.346 e. The predicted octanol–water partition coefficient (Wildman–Crippen LogP) is 5.24. The van der Waals surface area contributed by atoms with Crippen molar-refractivity contribution < 1.29 is 27.5 Å². The first-order chi connectivity index (χ1) is 17.8. The topological polar surface area (TPSA) is 95.0 Å². The summed E-state index contributed by atoms with van der Waals surface area (Å²) in [6.07, 6.45) is 4.84. The average Bonchev–Trinajstić information content (AvgIpc) is 3.40. The lowest BCUT2D eigenvalue weighted by Crippen LogP contribution is -2.60. The number of sulfonamides is 1. The Hall–Kier alpha value is -3.08. The molecule has 2 aliphatic rings. The van der Waals surface area contributed by atoms with Crippen LogP contribution < -0.4 is 4.90 Å². The minimum atomic E-state index is -4.21. The van der Waals surface area contributed by atoms with Crippen molar-refractivity contribution in [1.82, 2.24) is 4.31 Å². The largest absolute Gasteiger partial charge is 0.477 e. The third-order valence-corrected chi connectivity index (χ3v) is 9.99. The highest BCUT2D eigenvalue weighted by Gasteiger charge is 2.43. The van der Waals surface area contributed by atoms with Crippen LogP contribution in [0.5, 0.6) is 0 Å². The number of aromatic carboxylic acids is 1. The highest BCUT2D eigenvalue weighted by Crippen LogP contribution is 2.37. The maximum atomic E-state index is 14.5. The molecule has 2 fully saturated rings. The van der Waals surface area contributed by atoms with E-state index in [1.807, 2.05) is 0 Å². The van der Waals surface area contributed by atoms with Crippen molar-refractivity contribution in [2.24, 2.45) is 5.92 Å². The van der Waals surface area contributed by atoms with Crippen LogP contribution in [0.3, 0.4) is 0 Å². The fraction of sp³-hybridized carbons (Fsp3) is 0.333. The van der Waals surface area contributed by atoms with E-state index in [0.717, 1.165) is 53.8 Å². The van der Waals surface area contributed by atoms with Gasteiger partial charge in [0.1, 0.15) is 15.6 Å². The molecule has 1 amide bonds. The molecule has 2 heterocycles. The number of nitrogens with zero attached hydrogens (tertiary/aromatic N) is 2. The first-order valence-corrected chi connectivity index (χ1v) is 14.6. The number of carbonyl (C=O) groups is 2. The number of rotatable bonds is 6. The normalized spacial score (nSPS) is 19.8. The Kier molecular flexibility index (Phi) is 7.15. The van der Waals surface area contributed by atoms with Gasteiger partial charge in [-0.3, -0.25) is 4.79 Å². The van der Waals surface area contributed by atoms with Gasteiger partial charge in [0.25, 0.3) is 0 Å². The second-order valence-corrected chi connectivity index (χ2v) is 12.3. The number of thiophene rings is 1. The summed E-state index contributed by atoms with van der Waals surface area (Å²) in [6.45, 7) is -0.334. The molecule has 194 valence electrons. The summed E-state index contributed by atoms with van der Waals surface area (Å²) in [7, 11) is -4.21. The molecule has 7 nitrogen and oxygen atoms in total. The molecule has 0 bridgehead atoms. The highest BCUT2D eigenvalue weighted by molar-refractivity contribution is 7.89. The van der Waals surface area contributed by atoms with Gasteiger partial charge in [-0.15, -0.1) is 11.3 Å². The molecule has 1 saturated carbocycles. The van der Waals surface area contributed by atoms with Crippen molar-refractivity contribution in [1.29, 1.82) is 0 Å². The molecule has 2 aromatic carbocycles. The summed E-state index contributed by atoms with van der Waals surface area (Å²) in [5.74, 6) is -2.15. The summed E-state index contributed by atoms with van der Waals surface area (Å²) < 4.78 is 42.4. The lowest BCUT2D eigenvalue weighted by molar-refractivity contribution is -0.121. The molecule has 1 unspecified atom stereocenters. The van der Waals surface area contributed by atoms with E-state index in [0.29, 0.717) is 16.8 Å². The van der Waals surface area contributed by atoms with Crippen LogP contribution in [-0.4, -0.2) is 48.8 Å². The van der Waals surface area contributed by atoms with Gasteiger partial charge in [0.2, 0.25) is 15.9 Å². The Morgan fingerprint density at radius 2 is 1.78 bits per heavy atom. The van der Waals surface area contributed by atoms with Gasteiger partial charge in [-0.25, -0.2) is 17.6 Å². The van der Waals surface area contributed by atoms with Crippen molar-refractivity contribution in [2.75, 3.05) is 18.0 Å². The molecular weight excluding hydrogens is 515 g/mol. The van der Waals surface area contributed by atoms with Gasteiger partial charge in [-0.05, 0) is 60.0 Å². The number of benzene rings is 2. The number of hydrogen-bond acceptors (Lipinski definition) is 5. The monoisotopic (exact) mass is 542 g/mol. The van der Waals surface area contributed by atoms with Gasteiger partial charge >= 0.3 is 5.97 Å². The molecule has 5 rings (SSSR count). The second-order valence-electron chi connectivity index (χ2n) is 9.48. The Labute approximate surface area is 219 Å². The zero-order valence-electron chi connectivity index (χ0n) is 20.0. The molecule has 1 N–H and O–H groups in total. The second kappa shape index (κ2) is 10.4. The zero-order valence-corrected chi connectivity index (χ0v) is 21.7. The van der Waals surface area contributed by atoms with Gasteiger partial charge in [-0.2, -0.15) is 4.31 Å². The van der Waals surface area contributed by atoms with Crippen LogP contribution in [0.15, 0.2) is 64.9 Å². The van der Waals surface area contributed by atoms with Gasteiger partial charge in [0.15, 0.2) is 0 Å². The number of anilines is 1. The predicted molar refractivity (Wildman–Crippen MR) is 140 cm³/mol.